The van der Waals surface area contributed by atoms with E-state index in [2.05, 4.69) is 30.4 Å². The van der Waals surface area contributed by atoms with Crippen LogP contribution in [0.25, 0.3) is 0 Å². The second-order valence-electron chi connectivity index (χ2n) is 10.2. The van der Waals surface area contributed by atoms with Crippen molar-refractivity contribution >= 4 is 23.9 Å². The Labute approximate surface area is 207 Å². The van der Waals surface area contributed by atoms with Gasteiger partial charge >= 0.3 is 12.1 Å². The molecule has 1 saturated carbocycles. The average molecular weight is 491 g/mol. The normalized spacial score (nSPS) is 26.4. The summed E-state index contributed by atoms with van der Waals surface area (Å²) in [4.78, 5) is 54.6. The van der Waals surface area contributed by atoms with Gasteiger partial charge in [0.05, 0.1) is 7.11 Å². The van der Waals surface area contributed by atoms with Gasteiger partial charge in [-0.25, -0.2) is 9.59 Å². The monoisotopic (exact) mass is 490 g/mol. The molecule has 5 atom stereocenters. The molecule has 1 aliphatic carbocycles. The summed E-state index contributed by atoms with van der Waals surface area (Å²) in [5.74, 6) is -2.51. The van der Waals surface area contributed by atoms with Crippen LogP contribution in [0, 0.1) is 11.3 Å². The lowest BCUT2D eigenvalue weighted by Crippen LogP contribution is -2.59. The fourth-order valence-corrected chi connectivity index (χ4v) is 4.58. The number of amides is 3. The largest absolute Gasteiger partial charge is 0.479 e. The molecule has 10 heteroatoms. The number of carboxylic acids is 1. The molecule has 0 spiro atoms. The molecule has 2 unspecified atom stereocenters. The molecule has 0 aromatic heterocycles. The number of aliphatic carboxylic acids is 1. The Morgan fingerprint density at radius 2 is 1.80 bits per heavy atom. The van der Waals surface area contributed by atoms with Gasteiger partial charge < -0.3 is 25.4 Å². The van der Waals surface area contributed by atoms with Crippen molar-refractivity contribution in [2.75, 3.05) is 26.7 Å². The van der Waals surface area contributed by atoms with Gasteiger partial charge in [0, 0.05) is 31.6 Å². The third-order valence-electron chi connectivity index (χ3n) is 6.70. The quantitative estimate of drug-likeness (QED) is 0.375. The molecule has 194 valence electrons. The molecule has 1 saturated heterocycles. The third-order valence-corrected chi connectivity index (χ3v) is 6.70. The second kappa shape index (κ2) is 11.1. The zero-order valence-electron chi connectivity index (χ0n) is 21.1. The SMILES string of the molecule is C=CCN(CC=C)[C@@H]1C[C@@H](C(=O)NC2(C(=O)O)CC2C=C)N(C(=O)[C@@H](NC(=O)OC)C(C)(C)C)C1. The number of ether oxygens (including phenoxy) is 1. The standard InChI is InChI=1S/C25H38N4O6/c1-8-11-28(12-9-2)17-13-18(20(30)27-25(22(32)33)14-16(25)10-3)29(15-17)21(31)19(24(4,5)6)26-23(34)35-7/h8-10,16-19H,1-3,11-15H2,4-7H3,(H,26,34)(H,27,30)(H,32,33)/t16?,17-,18+,19-,25?/m1/s1. The van der Waals surface area contributed by atoms with E-state index in [0.29, 0.717) is 19.5 Å². The van der Waals surface area contributed by atoms with Crippen LogP contribution in [0.4, 0.5) is 4.79 Å². The van der Waals surface area contributed by atoms with Crippen LogP contribution in [0.15, 0.2) is 38.0 Å². The number of carbonyl (C=O) groups excluding carboxylic acids is 3. The van der Waals surface area contributed by atoms with E-state index in [1.165, 1.54) is 18.1 Å². The van der Waals surface area contributed by atoms with Crippen molar-refractivity contribution in [1.82, 2.24) is 20.4 Å². The van der Waals surface area contributed by atoms with Gasteiger partial charge in [-0.2, -0.15) is 0 Å². The maximum Gasteiger partial charge on any atom is 0.407 e. The number of rotatable bonds is 11. The zero-order chi connectivity index (χ0) is 26.6. The molecule has 0 aromatic rings. The van der Waals surface area contributed by atoms with Gasteiger partial charge in [-0.1, -0.05) is 39.0 Å². The minimum atomic E-state index is -1.42. The summed E-state index contributed by atoms with van der Waals surface area (Å²) in [6, 6.07) is -2.08. The number of likely N-dealkylation sites (tertiary alicyclic amines) is 1. The average Bonchev–Trinajstić information content (AvgIpc) is 3.32. The predicted octanol–water partition coefficient (Wildman–Crippen LogP) is 1.55. The Morgan fingerprint density at radius 3 is 2.23 bits per heavy atom. The number of alkyl carbamates (subject to hydrolysis) is 1. The number of nitrogens with one attached hydrogen (secondary N) is 2. The molecule has 0 bridgehead atoms. The van der Waals surface area contributed by atoms with Crippen molar-refractivity contribution in [1.29, 1.82) is 0 Å². The Balaban J connectivity index is 2.40. The van der Waals surface area contributed by atoms with E-state index < -0.39 is 46.9 Å². The first kappa shape index (κ1) is 28.1. The maximum absolute atomic E-state index is 13.8. The molecule has 2 fully saturated rings. The van der Waals surface area contributed by atoms with Crippen LogP contribution in [0.3, 0.4) is 0 Å². The summed E-state index contributed by atoms with van der Waals surface area (Å²) in [6.07, 6.45) is 4.76. The smallest absolute Gasteiger partial charge is 0.407 e. The molecule has 3 N–H and O–H groups in total. The zero-order valence-corrected chi connectivity index (χ0v) is 21.1. The molecular weight excluding hydrogens is 452 g/mol. The topological polar surface area (TPSA) is 128 Å². The lowest BCUT2D eigenvalue weighted by molar-refractivity contribution is -0.146. The van der Waals surface area contributed by atoms with Gasteiger partial charge in [-0.15, -0.1) is 19.7 Å². The molecule has 35 heavy (non-hydrogen) atoms. The van der Waals surface area contributed by atoms with Crippen molar-refractivity contribution in [3.05, 3.63) is 38.0 Å². The molecule has 1 aliphatic heterocycles. The van der Waals surface area contributed by atoms with Crippen molar-refractivity contribution in [3.63, 3.8) is 0 Å². The Bertz CT molecular complexity index is 872. The van der Waals surface area contributed by atoms with Gasteiger partial charge in [0.25, 0.3) is 0 Å². The molecule has 0 aromatic carbocycles. The summed E-state index contributed by atoms with van der Waals surface area (Å²) in [5.41, 5.74) is -2.10. The van der Waals surface area contributed by atoms with Gasteiger partial charge in [-0.05, 0) is 18.3 Å². The first-order valence-corrected chi connectivity index (χ1v) is 11.6. The van der Waals surface area contributed by atoms with E-state index in [4.69, 9.17) is 4.74 Å². The van der Waals surface area contributed by atoms with Gasteiger partial charge in [-0.3, -0.25) is 14.5 Å². The minimum absolute atomic E-state index is 0.195. The highest BCUT2D eigenvalue weighted by Crippen LogP contribution is 2.45. The lowest BCUT2D eigenvalue weighted by Gasteiger charge is -2.35. The molecule has 0 radical (unpaired) electrons. The fourth-order valence-electron chi connectivity index (χ4n) is 4.58. The highest BCUT2D eigenvalue weighted by molar-refractivity contribution is 5.96. The molecule has 2 rings (SSSR count). The maximum atomic E-state index is 13.8. The summed E-state index contributed by atoms with van der Waals surface area (Å²) >= 11 is 0. The third kappa shape index (κ3) is 6.11. The summed E-state index contributed by atoms with van der Waals surface area (Å²) < 4.78 is 4.71. The number of carboxylic acid groups (broad SMARTS) is 1. The fraction of sp³-hybridized carbons (Fsp3) is 0.600. The van der Waals surface area contributed by atoms with Crippen LogP contribution in [0.2, 0.25) is 0 Å². The first-order chi connectivity index (χ1) is 16.4. The van der Waals surface area contributed by atoms with Crippen LogP contribution in [-0.2, 0) is 19.1 Å². The molecular formula is C25H38N4O6. The number of hydrogen-bond acceptors (Lipinski definition) is 6. The van der Waals surface area contributed by atoms with Crippen LogP contribution in [0.5, 0.6) is 0 Å². The van der Waals surface area contributed by atoms with Gasteiger partial charge in [0.2, 0.25) is 11.8 Å². The summed E-state index contributed by atoms with van der Waals surface area (Å²) in [7, 11) is 1.21. The first-order valence-electron chi connectivity index (χ1n) is 11.6. The van der Waals surface area contributed by atoms with Crippen LogP contribution < -0.4 is 10.6 Å². The van der Waals surface area contributed by atoms with Gasteiger partial charge in [0.1, 0.15) is 17.6 Å². The number of carbonyl (C=O) groups is 4. The molecule has 3 amide bonds. The van der Waals surface area contributed by atoms with Gasteiger partial charge in [0.15, 0.2) is 0 Å². The van der Waals surface area contributed by atoms with E-state index in [1.807, 2.05) is 4.90 Å². The minimum Gasteiger partial charge on any atom is -0.479 e. The highest BCUT2D eigenvalue weighted by atomic mass is 16.5. The lowest BCUT2D eigenvalue weighted by atomic mass is 9.85. The van der Waals surface area contributed by atoms with E-state index >= 15 is 0 Å². The van der Waals surface area contributed by atoms with Crippen molar-refractivity contribution < 1.29 is 29.0 Å². The van der Waals surface area contributed by atoms with Crippen LogP contribution in [-0.4, -0.2) is 89.2 Å². The van der Waals surface area contributed by atoms with E-state index in [0.717, 1.165) is 0 Å². The molecule has 10 nitrogen and oxygen atoms in total. The van der Waals surface area contributed by atoms with Crippen LogP contribution in [0.1, 0.15) is 33.6 Å². The Kier molecular flexibility index (Phi) is 8.89. The number of hydrogen-bond donors (Lipinski definition) is 3. The van der Waals surface area contributed by atoms with Crippen molar-refractivity contribution in [2.24, 2.45) is 11.3 Å². The van der Waals surface area contributed by atoms with E-state index in [9.17, 15) is 24.3 Å². The highest BCUT2D eigenvalue weighted by Gasteiger charge is 2.61. The summed E-state index contributed by atoms with van der Waals surface area (Å²) in [6.45, 7) is 17.9. The Hall–Kier alpha value is -3.14. The Morgan fingerprint density at radius 1 is 1.20 bits per heavy atom. The molecule has 1 heterocycles. The van der Waals surface area contributed by atoms with Crippen LogP contribution >= 0.6 is 0 Å². The van der Waals surface area contributed by atoms with E-state index in [-0.39, 0.29) is 24.9 Å². The number of nitrogens with zero attached hydrogens (tertiary/aromatic N) is 2. The van der Waals surface area contributed by atoms with E-state index in [1.54, 1.807) is 32.9 Å². The summed E-state index contributed by atoms with van der Waals surface area (Å²) in [5, 5.41) is 15.0. The molecule has 2 aliphatic rings. The second-order valence-corrected chi connectivity index (χ2v) is 10.2. The van der Waals surface area contributed by atoms with Crippen molar-refractivity contribution in [2.45, 2.75) is 57.3 Å². The van der Waals surface area contributed by atoms with Crippen molar-refractivity contribution in [3.8, 4) is 0 Å². The number of methoxy groups -OCH3 is 1. The predicted molar refractivity (Wildman–Crippen MR) is 131 cm³/mol.